The number of carbonyl (C=O) groups excluding carboxylic acids is 1. The Balaban J connectivity index is 2.93. The number of rotatable bonds is 1. The van der Waals surface area contributed by atoms with E-state index in [1.54, 1.807) is 12.1 Å². The fraction of sp³-hybridized carbons (Fsp3) is 0.222. The summed E-state index contributed by atoms with van der Waals surface area (Å²) in [6.45, 7) is -6.10. The van der Waals surface area contributed by atoms with Crippen LogP contribution in [0.1, 0.15) is 8.22 Å². The maximum atomic E-state index is 11.8. The highest BCUT2D eigenvalue weighted by molar-refractivity contribution is 9.10. The van der Waals surface area contributed by atoms with Crippen molar-refractivity contribution >= 4 is 27.6 Å². The summed E-state index contributed by atoms with van der Waals surface area (Å²) < 4.78 is 43.4. The van der Waals surface area contributed by atoms with E-state index in [0.29, 0.717) is 5.69 Å². The molecule has 0 saturated heterocycles. The van der Waals surface area contributed by atoms with Crippen molar-refractivity contribution in [1.29, 1.82) is 0 Å². The lowest BCUT2D eigenvalue weighted by molar-refractivity contribution is 0.230. The van der Waals surface area contributed by atoms with E-state index >= 15 is 0 Å². The lowest BCUT2D eigenvalue weighted by Gasteiger charge is -2.11. The van der Waals surface area contributed by atoms with E-state index < -0.39 is 20.0 Å². The molecule has 1 N–H and O–H groups in total. The van der Waals surface area contributed by atoms with Crippen LogP contribution in [0.4, 0.5) is 10.5 Å². The molecule has 0 aromatic heterocycles. The van der Waals surface area contributed by atoms with Crippen LogP contribution in [-0.4, -0.2) is 24.9 Å². The average molecular weight is 249 g/mol. The molecule has 13 heavy (non-hydrogen) atoms. The number of halogens is 1. The number of benzene rings is 1. The van der Waals surface area contributed by atoms with Gasteiger partial charge in [-0.2, -0.15) is 0 Å². The van der Waals surface area contributed by atoms with E-state index in [9.17, 15) is 4.79 Å². The summed E-state index contributed by atoms with van der Waals surface area (Å²) in [7, 11) is 0. The van der Waals surface area contributed by atoms with Gasteiger partial charge in [0.25, 0.3) is 0 Å². The topological polar surface area (TPSA) is 32.3 Å². The van der Waals surface area contributed by atoms with E-state index in [2.05, 4.69) is 21.2 Å². The zero-order valence-corrected chi connectivity index (χ0v) is 8.13. The minimum atomic E-state index is -3.05. The number of nitrogens with one attached hydrogen (secondary N) is 1. The van der Waals surface area contributed by atoms with E-state index in [1.165, 1.54) is 12.1 Å². The monoisotopic (exact) mass is 248 g/mol. The van der Waals surface area contributed by atoms with Crippen molar-refractivity contribution in [3.63, 3.8) is 0 Å². The fourth-order valence-electron chi connectivity index (χ4n) is 0.713. The predicted octanol–water partition coefficient (Wildman–Crippen LogP) is 2.54. The van der Waals surface area contributed by atoms with E-state index in [0.717, 1.165) is 4.47 Å². The summed E-state index contributed by atoms with van der Waals surface area (Å²) >= 11 is 3.20. The van der Waals surface area contributed by atoms with E-state index in [1.807, 2.05) is 0 Å². The van der Waals surface area contributed by atoms with Crippen LogP contribution < -0.4 is 5.32 Å². The Labute approximate surface area is 94.3 Å². The van der Waals surface area contributed by atoms with Crippen LogP contribution in [0.15, 0.2) is 28.7 Å². The van der Waals surface area contributed by atoms with Crippen LogP contribution in [0, 0.1) is 0 Å². The highest BCUT2D eigenvalue weighted by atomic mass is 79.9. The Morgan fingerprint density at radius 1 is 1.46 bits per heavy atom. The summed E-state index contributed by atoms with van der Waals surface area (Å²) in [5.74, 6) is 0. The second kappa shape index (κ2) is 4.28. The second-order valence-corrected chi connectivity index (χ2v) is 3.19. The van der Waals surface area contributed by atoms with Crippen molar-refractivity contribution in [3.8, 4) is 0 Å². The van der Waals surface area contributed by atoms with Crippen molar-refractivity contribution in [2.75, 3.05) is 19.3 Å². The minimum Gasteiger partial charge on any atom is -0.331 e. The van der Waals surface area contributed by atoms with Gasteiger partial charge in [0.2, 0.25) is 0 Å². The lowest BCUT2D eigenvalue weighted by Crippen LogP contribution is -2.27. The van der Waals surface area contributed by atoms with Gasteiger partial charge in [0.1, 0.15) is 0 Å². The van der Waals surface area contributed by atoms with Gasteiger partial charge >= 0.3 is 6.03 Å². The number of hydrogen-bond donors (Lipinski definition) is 1. The summed E-state index contributed by atoms with van der Waals surface area (Å²) in [5, 5.41) is 2.23. The first-order valence-corrected chi connectivity index (χ1v) is 4.18. The molecule has 0 saturated carbocycles. The van der Waals surface area contributed by atoms with Crippen molar-refractivity contribution < 1.29 is 13.0 Å². The Morgan fingerprint density at radius 3 is 2.62 bits per heavy atom. The number of anilines is 1. The Hall–Kier alpha value is -1.03. The highest BCUT2D eigenvalue weighted by Crippen LogP contribution is 2.14. The summed E-state index contributed by atoms with van der Waals surface area (Å²) in [6.07, 6.45) is 0. The van der Waals surface area contributed by atoms with Crippen molar-refractivity contribution in [1.82, 2.24) is 4.90 Å². The van der Waals surface area contributed by atoms with E-state index in [4.69, 9.17) is 8.22 Å². The van der Waals surface area contributed by atoms with Crippen molar-refractivity contribution in [3.05, 3.63) is 28.7 Å². The SMILES string of the molecule is [2H]C([2H])([2H])N(C(=O)Nc1ccc(Br)cc1)C([2H])([2H])[2H]. The van der Waals surface area contributed by atoms with Gasteiger partial charge in [0.15, 0.2) is 0 Å². The third-order valence-corrected chi connectivity index (χ3v) is 1.83. The Morgan fingerprint density at radius 2 is 2.08 bits per heavy atom. The Kier molecular flexibility index (Phi) is 1.47. The quantitative estimate of drug-likeness (QED) is 0.815. The van der Waals surface area contributed by atoms with Crippen molar-refractivity contribution in [2.24, 2.45) is 0 Å². The van der Waals surface area contributed by atoms with Crippen LogP contribution in [0.25, 0.3) is 0 Å². The molecule has 0 aliphatic rings. The third kappa shape index (κ3) is 3.06. The minimum absolute atomic E-state index is 0.137. The van der Waals surface area contributed by atoms with Gasteiger partial charge in [0.05, 0.1) is 0 Å². The zero-order chi connectivity index (χ0) is 14.8. The largest absolute Gasteiger partial charge is 0.331 e. The highest BCUT2D eigenvalue weighted by Gasteiger charge is 2.02. The molecule has 0 aliphatic carbocycles. The fourth-order valence-corrected chi connectivity index (χ4v) is 0.977. The smallest absolute Gasteiger partial charge is 0.321 e. The zero-order valence-electron chi connectivity index (χ0n) is 12.5. The standard InChI is InChI=1S/C9H11BrN2O/c1-12(2)9(13)11-8-5-3-7(10)4-6-8/h3-6H,1-2H3,(H,11,13)/i1D3,2D3. The molecule has 0 aliphatic heterocycles. The van der Waals surface area contributed by atoms with Crippen LogP contribution >= 0.6 is 15.9 Å². The first-order chi connectivity index (χ1) is 8.51. The normalized spacial score (nSPS) is 18.2. The van der Waals surface area contributed by atoms with Gasteiger partial charge in [0, 0.05) is 32.3 Å². The van der Waals surface area contributed by atoms with Crippen LogP contribution in [-0.2, 0) is 0 Å². The Bertz CT molecular complexity index is 441. The number of amides is 2. The van der Waals surface area contributed by atoms with E-state index in [-0.39, 0.29) is 4.90 Å². The molecule has 0 fully saturated rings. The van der Waals surface area contributed by atoms with Crippen LogP contribution in [0.5, 0.6) is 0 Å². The summed E-state index contributed by atoms with van der Waals surface area (Å²) in [6, 6.07) is 5.08. The molecule has 2 amide bonds. The molecule has 0 heterocycles. The number of urea groups is 1. The van der Waals surface area contributed by atoms with Gasteiger partial charge in [-0.1, -0.05) is 15.9 Å². The molecule has 0 atom stereocenters. The second-order valence-electron chi connectivity index (χ2n) is 2.27. The van der Waals surface area contributed by atoms with Gasteiger partial charge in [-0.25, -0.2) is 4.79 Å². The molecule has 1 aromatic rings. The van der Waals surface area contributed by atoms with Crippen LogP contribution in [0.2, 0.25) is 0 Å². The predicted molar refractivity (Wildman–Crippen MR) is 56.8 cm³/mol. The van der Waals surface area contributed by atoms with Crippen molar-refractivity contribution in [2.45, 2.75) is 0 Å². The number of nitrogens with zero attached hydrogens (tertiary/aromatic N) is 1. The van der Waals surface area contributed by atoms with Gasteiger partial charge in [-0.15, -0.1) is 0 Å². The molecular formula is C9H11BrN2O. The molecule has 0 radical (unpaired) electrons. The summed E-state index contributed by atoms with van der Waals surface area (Å²) in [4.78, 5) is 11.6. The van der Waals surface area contributed by atoms with Gasteiger partial charge in [-0.05, 0) is 24.3 Å². The molecule has 0 spiro atoms. The first-order valence-electron chi connectivity index (χ1n) is 6.39. The molecule has 1 rings (SSSR count). The molecule has 0 bridgehead atoms. The number of hydrogen-bond acceptors (Lipinski definition) is 1. The van der Waals surface area contributed by atoms with Crippen LogP contribution in [0.3, 0.4) is 0 Å². The third-order valence-electron chi connectivity index (χ3n) is 1.30. The van der Waals surface area contributed by atoms with Gasteiger partial charge in [-0.3, -0.25) is 0 Å². The maximum absolute atomic E-state index is 11.8. The molecule has 3 nitrogen and oxygen atoms in total. The maximum Gasteiger partial charge on any atom is 0.321 e. The molecular weight excluding hydrogens is 232 g/mol. The first kappa shape index (κ1) is 4.46. The molecule has 1 aromatic carbocycles. The lowest BCUT2D eigenvalue weighted by atomic mass is 10.3. The van der Waals surface area contributed by atoms with Gasteiger partial charge < -0.3 is 10.2 Å². The molecule has 4 heteroatoms. The summed E-state index contributed by atoms with van der Waals surface area (Å²) in [5.41, 5.74) is 0.298. The number of carbonyl (C=O) groups is 1. The molecule has 70 valence electrons. The average Bonchev–Trinajstić information content (AvgIpc) is 2.16. The molecule has 0 unspecified atom stereocenters.